The highest BCUT2D eigenvalue weighted by atomic mass is 16.2. The van der Waals surface area contributed by atoms with Crippen molar-refractivity contribution in [3.05, 3.63) is 81.0 Å². The molecule has 6 heteroatoms. The van der Waals surface area contributed by atoms with E-state index in [1.165, 1.54) is 10.1 Å². The molecule has 1 aromatic heterocycles. The molecule has 29 heavy (non-hydrogen) atoms. The maximum Gasteiger partial charge on any atom is 0.328 e. The average molecular weight is 390 g/mol. The second-order valence-electron chi connectivity index (χ2n) is 8.41. The van der Waals surface area contributed by atoms with E-state index in [4.69, 9.17) is 0 Å². The number of para-hydroxylation sites is 1. The predicted molar refractivity (Wildman–Crippen MR) is 114 cm³/mol. The lowest BCUT2D eigenvalue weighted by molar-refractivity contribution is 0.223. The molecule has 3 atom stereocenters. The Morgan fingerprint density at radius 3 is 2.52 bits per heavy atom. The fourth-order valence-corrected chi connectivity index (χ4v) is 5.33. The van der Waals surface area contributed by atoms with Gasteiger partial charge in [-0.3, -0.25) is 14.3 Å². The van der Waals surface area contributed by atoms with Crippen molar-refractivity contribution in [3.8, 4) is 0 Å². The van der Waals surface area contributed by atoms with Crippen molar-refractivity contribution in [3.63, 3.8) is 0 Å². The molecule has 2 fully saturated rings. The van der Waals surface area contributed by atoms with Crippen molar-refractivity contribution in [2.24, 2.45) is 11.8 Å². The summed E-state index contributed by atoms with van der Waals surface area (Å²) >= 11 is 0. The molecule has 2 aliphatic heterocycles. The topological polar surface area (TPSA) is 61.3 Å². The number of fused-ring (bicyclic) bond motifs is 2. The van der Waals surface area contributed by atoms with Gasteiger partial charge in [-0.1, -0.05) is 42.5 Å². The summed E-state index contributed by atoms with van der Waals surface area (Å²) in [5, 5.41) is 0.566. The summed E-state index contributed by atoms with van der Waals surface area (Å²) < 4.78 is 1.34. The Balaban J connectivity index is 1.32. The Kier molecular flexibility index (Phi) is 4.60. The normalized spacial score (nSPS) is 24.9. The number of aromatic amines is 1. The number of rotatable bonds is 4. The number of aromatic nitrogens is 2. The maximum absolute atomic E-state index is 12.7. The van der Waals surface area contributed by atoms with E-state index in [0.29, 0.717) is 35.3 Å². The predicted octanol–water partition coefficient (Wildman–Crippen LogP) is 1.92. The Hall–Kier alpha value is -2.70. The highest BCUT2D eigenvalue weighted by molar-refractivity contribution is 5.76. The van der Waals surface area contributed by atoms with Crippen LogP contribution in [-0.2, 0) is 6.54 Å². The number of hydrogen-bond donors (Lipinski definition) is 1. The highest BCUT2D eigenvalue weighted by Crippen LogP contribution is 2.43. The van der Waals surface area contributed by atoms with Crippen LogP contribution in [0.25, 0.3) is 10.9 Å². The van der Waals surface area contributed by atoms with Crippen molar-refractivity contribution in [2.45, 2.75) is 12.6 Å². The molecule has 0 aliphatic carbocycles. The summed E-state index contributed by atoms with van der Waals surface area (Å²) in [6.07, 6.45) is 0. The third-order valence-electron chi connectivity index (χ3n) is 6.64. The molecule has 1 N–H and O–H groups in total. The molecule has 5 rings (SSSR count). The summed E-state index contributed by atoms with van der Waals surface area (Å²) in [7, 11) is 2.22. The number of benzene rings is 2. The quantitative estimate of drug-likeness (QED) is 0.740. The summed E-state index contributed by atoms with van der Waals surface area (Å²) in [4.78, 5) is 32.9. The van der Waals surface area contributed by atoms with E-state index in [9.17, 15) is 9.59 Å². The Morgan fingerprint density at radius 2 is 1.69 bits per heavy atom. The second kappa shape index (κ2) is 7.28. The standard InChI is InChI=1S/C23H26N4O2/c1-25-13-17-14-26(15-19(17)21(25)16-7-3-2-4-8-16)11-12-27-22(28)18-9-5-6-10-20(18)24-23(27)29/h2-10,17,19,21H,11-15H2,1H3,(H,24,29). The molecule has 2 aliphatic rings. The lowest BCUT2D eigenvalue weighted by atomic mass is 9.90. The molecule has 2 saturated heterocycles. The van der Waals surface area contributed by atoms with E-state index in [1.807, 2.05) is 12.1 Å². The Bertz CT molecular complexity index is 1140. The van der Waals surface area contributed by atoms with Crippen LogP contribution in [0.2, 0.25) is 0 Å². The molecule has 3 unspecified atom stereocenters. The SMILES string of the molecule is CN1CC2CN(CCn3c(=O)[nH]c4ccccc4c3=O)CC2C1c1ccccc1. The van der Waals surface area contributed by atoms with Gasteiger partial charge in [0.1, 0.15) is 0 Å². The fraction of sp³-hybridized carbons (Fsp3) is 0.391. The molecule has 0 saturated carbocycles. The lowest BCUT2D eigenvalue weighted by Crippen LogP contribution is -2.39. The molecule has 0 radical (unpaired) electrons. The van der Waals surface area contributed by atoms with Crippen LogP contribution in [0.1, 0.15) is 11.6 Å². The number of hydrogen-bond acceptors (Lipinski definition) is 4. The van der Waals surface area contributed by atoms with Crippen LogP contribution >= 0.6 is 0 Å². The van der Waals surface area contributed by atoms with Gasteiger partial charge < -0.3 is 9.88 Å². The van der Waals surface area contributed by atoms with Crippen LogP contribution in [0.5, 0.6) is 0 Å². The zero-order valence-electron chi connectivity index (χ0n) is 16.6. The zero-order valence-corrected chi connectivity index (χ0v) is 16.6. The van der Waals surface area contributed by atoms with Gasteiger partial charge in [0.2, 0.25) is 0 Å². The van der Waals surface area contributed by atoms with Crippen molar-refractivity contribution >= 4 is 10.9 Å². The lowest BCUT2D eigenvalue weighted by Gasteiger charge is -2.26. The Morgan fingerprint density at radius 1 is 0.931 bits per heavy atom. The third kappa shape index (κ3) is 3.22. The number of likely N-dealkylation sites (tertiary alicyclic amines) is 2. The van der Waals surface area contributed by atoms with Crippen molar-refractivity contribution in [1.29, 1.82) is 0 Å². The summed E-state index contributed by atoms with van der Waals surface area (Å²) in [5.41, 5.74) is 1.45. The van der Waals surface area contributed by atoms with Crippen LogP contribution in [0, 0.1) is 11.8 Å². The summed E-state index contributed by atoms with van der Waals surface area (Å²) in [6.45, 7) is 4.27. The number of nitrogens with zero attached hydrogens (tertiary/aromatic N) is 3. The van der Waals surface area contributed by atoms with Gasteiger partial charge in [0, 0.05) is 38.8 Å². The first-order valence-corrected chi connectivity index (χ1v) is 10.3. The van der Waals surface area contributed by atoms with Crippen molar-refractivity contribution in [1.82, 2.24) is 19.4 Å². The molecule has 0 spiro atoms. The van der Waals surface area contributed by atoms with Crippen LogP contribution in [0.3, 0.4) is 0 Å². The zero-order chi connectivity index (χ0) is 20.0. The van der Waals surface area contributed by atoms with Gasteiger partial charge in [-0.05, 0) is 36.6 Å². The first kappa shape index (κ1) is 18.3. The first-order chi connectivity index (χ1) is 14.1. The second-order valence-corrected chi connectivity index (χ2v) is 8.41. The van der Waals surface area contributed by atoms with Gasteiger partial charge in [0.15, 0.2) is 0 Å². The molecule has 2 aromatic carbocycles. The van der Waals surface area contributed by atoms with Gasteiger partial charge in [-0.25, -0.2) is 4.79 Å². The molecule has 0 bridgehead atoms. The smallest absolute Gasteiger partial charge is 0.307 e. The summed E-state index contributed by atoms with van der Waals surface area (Å²) in [6, 6.07) is 18.4. The monoisotopic (exact) mass is 390 g/mol. The maximum atomic E-state index is 12.7. The van der Waals surface area contributed by atoms with E-state index in [-0.39, 0.29) is 11.2 Å². The van der Waals surface area contributed by atoms with Gasteiger partial charge in [-0.15, -0.1) is 0 Å². The molecule has 3 aromatic rings. The fourth-order valence-electron chi connectivity index (χ4n) is 5.33. The summed E-state index contributed by atoms with van der Waals surface area (Å²) in [5.74, 6) is 1.23. The van der Waals surface area contributed by atoms with E-state index in [1.54, 1.807) is 12.1 Å². The van der Waals surface area contributed by atoms with Crippen LogP contribution in [0.4, 0.5) is 0 Å². The molecular weight excluding hydrogens is 364 g/mol. The van der Waals surface area contributed by atoms with Crippen molar-refractivity contribution < 1.29 is 0 Å². The first-order valence-electron chi connectivity index (χ1n) is 10.3. The molecular formula is C23H26N4O2. The van der Waals surface area contributed by atoms with Crippen molar-refractivity contribution in [2.75, 3.05) is 33.2 Å². The molecule has 3 heterocycles. The Labute approximate surface area is 169 Å². The van der Waals surface area contributed by atoms with Gasteiger partial charge in [0.05, 0.1) is 10.9 Å². The minimum Gasteiger partial charge on any atom is -0.307 e. The molecule has 0 amide bonds. The van der Waals surface area contributed by atoms with Gasteiger partial charge in [0.25, 0.3) is 5.56 Å². The molecule has 6 nitrogen and oxygen atoms in total. The van der Waals surface area contributed by atoms with E-state index < -0.39 is 0 Å². The van der Waals surface area contributed by atoms with Crippen LogP contribution in [-0.4, -0.2) is 52.6 Å². The number of nitrogens with one attached hydrogen (secondary N) is 1. The minimum atomic E-state index is -0.324. The van der Waals surface area contributed by atoms with Gasteiger partial charge in [-0.2, -0.15) is 0 Å². The average Bonchev–Trinajstić information content (AvgIpc) is 3.24. The van der Waals surface area contributed by atoms with E-state index in [2.05, 4.69) is 52.2 Å². The number of H-pyrrole nitrogens is 1. The largest absolute Gasteiger partial charge is 0.328 e. The van der Waals surface area contributed by atoms with Gasteiger partial charge >= 0.3 is 5.69 Å². The molecule has 150 valence electrons. The van der Waals surface area contributed by atoms with Crippen LogP contribution < -0.4 is 11.2 Å². The van der Waals surface area contributed by atoms with E-state index in [0.717, 1.165) is 26.2 Å². The van der Waals surface area contributed by atoms with Crippen LogP contribution in [0.15, 0.2) is 64.2 Å². The minimum absolute atomic E-state index is 0.203. The third-order valence-corrected chi connectivity index (χ3v) is 6.64. The van der Waals surface area contributed by atoms with E-state index >= 15 is 0 Å². The highest BCUT2D eigenvalue weighted by Gasteiger charge is 2.45.